The quantitative estimate of drug-likeness (QED) is 0.211. The second-order valence-corrected chi connectivity index (χ2v) is 19.0. The highest BCUT2D eigenvalue weighted by atomic mass is 16.7. The highest BCUT2D eigenvalue weighted by Gasteiger charge is 2.60. The Morgan fingerprint density at radius 2 is 1.63 bits per heavy atom. The molecule has 1 spiro atoms. The van der Waals surface area contributed by atoms with Crippen LogP contribution in [0.15, 0.2) is 59.3 Å². The van der Waals surface area contributed by atoms with E-state index in [0.717, 1.165) is 12.0 Å². The van der Waals surface area contributed by atoms with Crippen LogP contribution in [0.2, 0.25) is 0 Å². The van der Waals surface area contributed by atoms with Crippen molar-refractivity contribution >= 4 is 5.97 Å². The molecule has 0 saturated carbocycles. The summed E-state index contributed by atoms with van der Waals surface area (Å²) in [6.07, 6.45) is 10.2. The largest absolute Gasteiger partial charge is 0.462 e. The number of carbonyl (C=O) groups is 1. The smallest absolute Gasteiger partial charge is 0.316 e. The van der Waals surface area contributed by atoms with Crippen LogP contribution in [0.1, 0.15) is 93.9 Å². The lowest BCUT2D eigenvalue weighted by Crippen LogP contribution is -2.58. The van der Waals surface area contributed by atoms with Gasteiger partial charge in [0.1, 0.15) is 35.9 Å². The third-order valence-corrected chi connectivity index (χ3v) is 14.6. The fraction of sp³-hybridized carbons (Fsp3) is 0.771. The van der Waals surface area contributed by atoms with Crippen LogP contribution in [0.3, 0.4) is 0 Å². The number of fused-ring (bicyclic) bond motifs is 2. The molecule has 7 aliphatic rings. The normalized spacial score (nSPS) is 48.3. The van der Waals surface area contributed by atoms with E-state index in [1.165, 1.54) is 0 Å². The van der Waals surface area contributed by atoms with Crippen molar-refractivity contribution < 1.29 is 62.4 Å². The maximum Gasteiger partial charge on any atom is 0.316 e. The van der Waals surface area contributed by atoms with Crippen molar-refractivity contribution in [2.24, 2.45) is 29.4 Å². The summed E-state index contributed by atoms with van der Waals surface area (Å²) in [6.45, 7) is 16.3. The van der Waals surface area contributed by atoms with Crippen LogP contribution < -0.4 is 5.73 Å². The van der Waals surface area contributed by atoms with Crippen molar-refractivity contribution in [3.8, 4) is 0 Å². The predicted octanol–water partition coefficient (Wildman–Crippen LogP) is 5.34. The summed E-state index contributed by atoms with van der Waals surface area (Å²) in [5.41, 5.74) is 6.48. The highest BCUT2D eigenvalue weighted by Crippen LogP contribution is 2.47. The van der Waals surface area contributed by atoms with Crippen molar-refractivity contribution in [3.05, 3.63) is 59.3 Å². The minimum absolute atomic E-state index is 0.0379. The van der Waals surface area contributed by atoms with Gasteiger partial charge in [0.25, 0.3) is 0 Å². The summed E-state index contributed by atoms with van der Waals surface area (Å²) < 4.78 is 64.1. The molecule has 0 aromatic heterocycles. The number of hydrogen-bond acceptors (Lipinski definition) is 14. The van der Waals surface area contributed by atoms with E-state index in [-0.39, 0.29) is 60.9 Å². The lowest BCUT2D eigenvalue weighted by atomic mass is 9.71. The number of allylic oxidation sites excluding steroid dienone is 2. The first-order chi connectivity index (χ1) is 29.5. The average Bonchev–Trinajstić information content (AvgIpc) is 3.58. The number of carbonyl (C=O) groups excluding carboxylic acids is 1. The number of esters is 1. The van der Waals surface area contributed by atoms with Gasteiger partial charge in [0.05, 0.1) is 55.4 Å². The van der Waals surface area contributed by atoms with Gasteiger partial charge in [-0.05, 0) is 62.8 Å². The predicted molar refractivity (Wildman–Crippen MR) is 229 cm³/mol. The Balaban J connectivity index is 1.18. The van der Waals surface area contributed by atoms with Crippen LogP contribution in [-0.4, -0.2) is 134 Å². The summed E-state index contributed by atoms with van der Waals surface area (Å²) in [5, 5.41) is 23.7. The number of ether oxygens (including phenoxy) is 10. The Bertz CT molecular complexity index is 1730. The van der Waals surface area contributed by atoms with E-state index >= 15 is 0 Å². The fourth-order valence-electron chi connectivity index (χ4n) is 10.6. The van der Waals surface area contributed by atoms with E-state index < -0.39 is 72.5 Å². The van der Waals surface area contributed by atoms with Gasteiger partial charge >= 0.3 is 5.97 Å². The maximum atomic E-state index is 14.4. The second kappa shape index (κ2) is 19.7. The molecule has 0 unspecified atom stereocenters. The molecule has 62 heavy (non-hydrogen) atoms. The van der Waals surface area contributed by atoms with Crippen molar-refractivity contribution in [3.63, 3.8) is 0 Å². The lowest BCUT2D eigenvalue weighted by molar-refractivity contribution is -0.311. The minimum atomic E-state index is -1.83. The monoisotopic (exact) mass is 872 g/mol. The van der Waals surface area contributed by atoms with Crippen LogP contribution in [0.5, 0.6) is 0 Å². The van der Waals surface area contributed by atoms with E-state index in [1.54, 1.807) is 33.3 Å². The van der Waals surface area contributed by atoms with Crippen LogP contribution in [0.4, 0.5) is 0 Å². The van der Waals surface area contributed by atoms with Crippen LogP contribution in [0.25, 0.3) is 0 Å². The first-order valence-corrected chi connectivity index (χ1v) is 22.9. The van der Waals surface area contributed by atoms with Crippen LogP contribution in [0, 0.1) is 23.7 Å². The van der Waals surface area contributed by atoms with Gasteiger partial charge in [-0.25, -0.2) is 0 Å². The molecule has 2 bridgehead atoms. The minimum Gasteiger partial charge on any atom is -0.462 e. The molecule has 6 aliphatic heterocycles. The standard InChI is InChI=1S/C48H73NO13/c1-11-25(2)43-28(5)17-18-47(62-43)23-34-20-33(61-47)16-15-27(4)42(26(3)13-12-14-32-24-55-45-41(50)29(6)19-35(46(51)58-34)48(32,45)52)59-39-22-37(54-10)44(31(8)57-39)60-38-21-36(53-9)40(49)30(7)56-38/h12-15,17-19,25-26,28,30-31,33-45,50,52H,11,16,20-24,49H2,1-10H3/b13-12+,27-15+,32-14?/t25-,26-,28-,30-,31-,33+,34-,35-,36-,37-,38-,39-,40+,41+,42-,43+,44-,45+,47+,48+/m0/s1. The maximum absolute atomic E-state index is 14.4. The molecule has 1 aliphatic carbocycles. The Morgan fingerprint density at radius 3 is 2.35 bits per heavy atom. The number of aliphatic hydroxyl groups is 2. The second-order valence-electron chi connectivity index (χ2n) is 19.0. The third-order valence-electron chi connectivity index (χ3n) is 14.6. The molecule has 20 atom stereocenters. The lowest BCUT2D eigenvalue weighted by Gasteiger charge is -2.48. The Labute approximate surface area is 368 Å². The molecular formula is C48H73NO13. The zero-order chi connectivity index (χ0) is 44.7. The summed E-state index contributed by atoms with van der Waals surface area (Å²) in [6, 6.07) is -0.257. The number of rotatable bonds is 8. The molecule has 0 amide bonds. The molecule has 14 heteroatoms. The van der Waals surface area contributed by atoms with Gasteiger partial charge in [-0.15, -0.1) is 0 Å². The summed E-state index contributed by atoms with van der Waals surface area (Å²) in [7, 11) is 3.32. The van der Waals surface area contributed by atoms with E-state index in [0.29, 0.717) is 43.3 Å². The zero-order valence-electron chi connectivity index (χ0n) is 38.3. The average molecular weight is 872 g/mol. The van der Waals surface area contributed by atoms with Gasteiger partial charge in [-0.3, -0.25) is 4.79 Å². The summed E-state index contributed by atoms with van der Waals surface area (Å²) in [4.78, 5) is 14.4. The first kappa shape index (κ1) is 47.6. The number of methoxy groups -OCH3 is 2. The van der Waals surface area contributed by atoms with Crippen molar-refractivity contribution in [1.29, 1.82) is 0 Å². The Morgan fingerprint density at radius 1 is 0.919 bits per heavy atom. The van der Waals surface area contributed by atoms with Gasteiger partial charge < -0.3 is 63.3 Å². The molecule has 348 valence electrons. The van der Waals surface area contributed by atoms with E-state index in [1.807, 2.05) is 32.1 Å². The van der Waals surface area contributed by atoms with Gasteiger partial charge in [0, 0.05) is 51.7 Å². The molecule has 4 fully saturated rings. The first-order valence-electron chi connectivity index (χ1n) is 22.9. The van der Waals surface area contributed by atoms with E-state index in [2.05, 4.69) is 46.8 Å². The number of aliphatic hydroxyl groups excluding tert-OH is 1. The molecule has 0 aromatic carbocycles. The van der Waals surface area contributed by atoms with E-state index in [9.17, 15) is 15.0 Å². The van der Waals surface area contributed by atoms with Crippen molar-refractivity contribution in [1.82, 2.24) is 0 Å². The van der Waals surface area contributed by atoms with Crippen molar-refractivity contribution in [2.75, 3.05) is 20.8 Å². The number of nitrogens with two attached hydrogens (primary N) is 1. The molecule has 0 radical (unpaired) electrons. The summed E-state index contributed by atoms with van der Waals surface area (Å²) >= 11 is 0. The molecular weight excluding hydrogens is 799 g/mol. The molecule has 7 rings (SSSR count). The van der Waals surface area contributed by atoms with Gasteiger partial charge in [0.2, 0.25) is 0 Å². The van der Waals surface area contributed by atoms with Crippen molar-refractivity contribution in [2.45, 2.75) is 191 Å². The third kappa shape index (κ3) is 9.64. The van der Waals surface area contributed by atoms with Gasteiger partial charge in [-0.2, -0.15) is 0 Å². The molecule has 0 aromatic rings. The topological polar surface area (TPSA) is 176 Å². The molecule has 4 N–H and O–H groups in total. The Hall–Kier alpha value is -2.31. The molecule has 14 nitrogen and oxygen atoms in total. The zero-order valence-corrected chi connectivity index (χ0v) is 38.3. The highest BCUT2D eigenvalue weighted by molar-refractivity contribution is 5.78. The summed E-state index contributed by atoms with van der Waals surface area (Å²) in [5.74, 6) is -2.53. The molecule has 4 saturated heterocycles. The van der Waals surface area contributed by atoms with Crippen LogP contribution >= 0.6 is 0 Å². The van der Waals surface area contributed by atoms with Crippen LogP contribution in [-0.2, 0) is 52.2 Å². The Kier molecular flexibility index (Phi) is 15.1. The number of hydrogen-bond donors (Lipinski definition) is 3. The fourth-order valence-corrected chi connectivity index (χ4v) is 10.6. The van der Waals surface area contributed by atoms with E-state index in [4.69, 9.17) is 53.1 Å². The SMILES string of the molecule is CC[C@H](C)[C@H]1O[C@]2(C=C[C@@H]1C)C[C@@H]1C[C@@H](C/C=C(\C)[C@@H](O[C@H]3C[C@H](OC)[C@@H](O[C@H]4C[C@H](OC)[C@H](N)[C@H](C)O4)[C@H](C)O3)[C@@H](C)/C=C/C=C3CO[C@@H]4[C@H](O)C(C)=C[C@@H](C(=O)O1)[C@]34O)O2. The van der Waals surface area contributed by atoms with Gasteiger partial charge in [-0.1, -0.05) is 70.6 Å². The van der Waals surface area contributed by atoms with Gasteiger partial charge in [0.15, 0.2) is 18.4 Å². The molecule has 6 heterocycles.